The van der Waals surface area contributed by atoms with E-state index in [0.717, 1.165) is 29.2 Å². The van der Waals surface area contributed by atoms with Gasteiger partial charge < -0.3 is 10.1 Å². The second-order valence-electron chi connectivity index (χ2n) is 12.0. The van der Waals surface area contributed by atoms with Crippen LogP contribution in [0.15, 0.2) is 92.8 Å². The van der Waals surface area contributed by atoms with E-state index in [1.165, 1.54) is 24.3 Å². The summed E-state index contributed by atoms with van der Waals surface area (Å²) in [7, 11) is -5.05. The molecule has 3 aromatic carbocycles. The van der Waals surface area contributed by atoms with Crippen molar-refractivity contribution in [3.63, 3.8) is 0 Å². The first-order valence-corrected chi connectivity index (χ1v) is 18.3. The normalized spacial score (nSPS) is 12.9. The summed E-state index contributed by atoms with van der Waals surface area (Å²) in [6.45, 7) is 9.92. The zero-order chi connectivity index (χ0) is 34.6. The zero-order valence-electron chi connectivity index (χ0n) is 27.6. The van der Waals surface area contributed by atoms with Gasteiger partial charge in [0.15, 0.2) is 31.3 Å². The largest absolute Gasteiger partial charge is 0.495 e. The first-order chi connectivity index (χ1) is 21.9. The summed E-state index contributed by atoms with van der Waals surface area (Å²) in [4.78, 5) is 9.65. The Kier molecular flexibility index (Phi) is 10.4. The molecule has 47 heavy (non-hydrogen) atoms. The molecule has 4 aromatic rings. The van der Waals surface area contributed by atoms with Crippen molar-refractivity contribution in [1.29, 1.82) is 0 Å². The van der Waals surface area contributed by atoms with Crippen LogP contribution in [0.5, 0.6) is 5.75 Å². The van der Waals surface area contributed by atoms with E-state index in [4.69, 9.17) is 4.74 Å². The summed E-state index contributed by atoms with van der Waals surface area (Å²) in [5.74, 6) is 1.52. The third kappa shape index (κ3) is 9.36. The minimum atomic E-state index is -3.32. The second kappa shape index (κ2) is 13.9. The molecular weight excluding hydrogens is 639 g/mol. The van der Waals surface area contributed by atoms with Crippen molar-refractivity contribution in [2.75, 3.05) is 35.8 Å². The molecule has 0 aliphatic heterocycles. The smallest absolute Gasteiger partial charge is 0.231 e. The van der Waals surface area contributed by atoms with Gasteiger partial charge in [-0.3, -0.25) is 10.9 Å². The highest BCUT2D eigenvalue weighted by molar-refractivity contribution is 7.91. The molecule has 248 valence electrons. The number of sulfone groups is 2. The van der Waals surface area contributed by atoms with Gasteiger partial charge in [0.25, 0.3) is 0 Å². The number of rotatable bonds is 11. The molecule has 14 heteroatoms. The first-order valence-electron chi connectivity index (χ1n) is 14.5. The first kappa shape index (κ1) is 35.0. The monoisotopic (exact) mass is 677 g/mol. The Morgan fingerprint density at radius 3 is 1.53 bits per heavy atom. The molecule has 0 radical (unpaired) electrons. The van der Waals surface area contributed by atoms with Crippen LogP contribution in [-0.4, -0.2) is 57.8 Å². The van der Waals surface area contributed by atoms with Crippen LogP contribution in [0, 0.1) is 0 Å². The van der Waals surface area contributed by atoms with Gasteiger partial charge in [-0.1, -0.05) is 51.1 Å². The predicted octanol–water partition coefficient (Wildman–Crippen LogP) is 6.01. The van der Waals surface area contributed by atoms with Gasteiger partial charge in [-0.2, -0.15) is 20.2 Å². The molecular formula is C33H39N7O5S2. The van der Waals surface area contributed by atoms with Crippen molar-refractivity contribution < 1.29 is 21.6 Å². The zero-order valence-corrected chi connectivity index (χ0v) is 29.2. The number of nitrogens with zero attached hydrogens (tertiary/aromatic N) is 4. The van der Waals surface area contributed by atoms with Crippen LogP contribution in [0.2, 0.25) is 0 Å². The van der Waals surface area contributed by atoms with Gasteiger partial charge in [-0.15, -0.1) is 0 Å². The topological polar surface area (TPSA) is 164 Å². The maximum atomic E-state index is 11.8. The molecule has 0 aliphatic carbocycles. The van der Waals surface area contributed by atoms with Crippen molar-refractivity contribution in [2.24, 2.45) is 10.2 Å². The van der Waals surface area contributed by atoms with Crippen LogP contribution >= 0.6 is 0 Å². The molecule has 1 heterocycles. The quantitative estimate of drug-likeness (QED) is 0.127. The molecule has 0 amide bonds. The fourth-order valence-corrected chi connectivity index (χ4v) is 5.57. The van der Waals surface area contributed by atoms with Crippen LogP contribution in [0.4, 0.5) is 23.3 Å². The molecule has 0 bridgehead atoms. The van der Waals surface area contributed by atoms with E-state index < -0.39 is 19.7 Å². The third-order valence-electron chi connectivity index (χ3n) is 7.11. The van der Waals surface area contributed by atoms with Crippen molar-refractivity contribution >= 4 is 54.4 Å². The van der Waals surface area contributed by atoms with E-state index in [1.54, 1.807) is 51.3 Å². The summed E-state index contributed by atoms with van der Waals surface area (Å²) in [6.07, 6.45) is 2.32. The van der Waals surface area contributed by atoms with Crippen molar-refractivity contribution in [3.8, 4) is 5.75 Å². The number of nitrogens with one attached hydrogen (secondary N) is 3. The molecule has 12 nitrogen and oxygen atoms in total. The Hall–Kier alpha value is -4.82. The number of aromatic nitrogens is 2. The summed E-state index contributed by atoms with van der Waals surface area (Å²) >= 11 is 0. The molecule has 1 aromatic heterocycles. The Balaban J connectivity index is 1.68. The molecule has 0 aliphatic rings. The number of hydrogen-bond donors (Lipinski definition) is 3. The lowest BCUT2D eigenvalue weighted by molar-refractivity contribution is 0.416. The molecule has 0 saturated carbocycles. The van der Waals surface area contributed by atoms with E-state index in [1.807, 2.05) is 18.2 Å². The number of hydrazone groups is 2. The molecule has 0 spiro atoms. The predicted molar refractivity (Wildman–Crippen MR) is 188 cm³/mol. The highest BCUT2D eigenvalue weighted by Crippen LogP contribution is 2.33. The molecule has 4 rings (SSSR count). The Bertz CT molecular complexity index is 1920. The van der Waals surface area contributed by atoms with Crippen LogP contribution in [-0.2, 0) is 25.1 Å². The van der Waals surface area contributed by atoms with Crippen LogP contribution in [0.1, 0.15) is 51.3 Å². The van der Waals surface area contributed by atoms with E-state index in [-0.39, 0.29) is 21.2 Å². The van der Waals surface area contributed by atoms with E-state index >= 15 is 0 Å². The lowest BCUT2D eigenvalue weighted by Gasteiger charge is -2.21. The average Bonchev–Trinajstić information content (AvgIpc) is 3.01. The maximum absolute atomic E-state index is 11.8. The molecule has 0 unspecified atom stereocenters. The van der Waals surface area contributed by atoms with E-state index in [9.17, 15) is 16.8 Å². The lowest BCUT2D eigenvalue weighted by Crippen LogP contribution is -2.12. The van der Waals surface area contributed by atoms with Gasteiger partial charge in [0.05, 0.1) is 34.0 Å². The second-order valence-corrected chi connectivity index (χ2v) is 16.0. The highest BCUT2D eigenvalue weighted by atomic mass is 32.2. The molecule has 3 N–H and O–H groups in total. The third-order valence-corrected chi connectivity index (χ3v) is 9.37. The summed E-state index contributed by atoms with van der Waals surface area (Å²) in [6, 6.07) is 20.4. The number of hydrogen-bond acceptors (Lipinski definition) is 12. The average molecular weight is 678 g/mol. The number of methoxy groups -OCH3 is 1. The van der Waals surface area contributed by atoms with Gasteiger partial charge >= 0.3 is 0 Å². The Morgan fingerprint density at radius 1 is 0.702 bits per heavy atom. The molecule has 0 atom stereocenters. The van der Waals surface area contributed by atoms with Gasteiger partial charge in [-0.25, -0.2) is 16.8 Å². The SMILES string of the molecule is COc1ccc(C(C)(C)C)cc1Nc1nc(NN=C(C)c2ccc(S(C)(=O)=O)cc2)cc(NN=C(C)c2ccc(S(C)(=O)=O)cc2)n1. The molecule has 0 saturated heterocycles. The van der Waals surface area contributed by atoms with Gasteiger partial charge in [0, 0.05) is 18.6 Å². The minimum absolute atomic E-state index is 0.114. The summed E-state index contributed by atoms with van der Waals surface area (Å²) in [5.41, 5.74) is 10.2. The lowest BCUT2D eigenvalue weighted by atomic mass is 9.87. The Morgan fingerprint density at radius 2 is 1.15 bits per heavy atom. The fraction of sp³-hybridized carbons (Fsp3) is 0.273. The standard InChI is InChI=1S/C33H39N7O5S2/c1-21(23-9-14-26(15-10-23)46(7,41)42)37-39-30-20-31(40-38-22(2)24-11-16-27(17-12-24)47(8,43)44)36-32(35-30)34-28-19-25(33(3,4)5)13-18-29(28)45-6/h9-20H,1-8H3,(H3,34,35,36,39,40). The fourth-order valence-electron chi connectivity index (χ4n) is 4.31. The molecule has 0 fully saturated rings. The van der Waals surface area contributed by atoms with Crippen LogP contribution in [0.3, 0.4) is 0 Å². The van der Waals surface area contributed by atoms with Gasteiger partial charge in [-0.05, 0) is 72.4 Å². The Labute approximate surface area is 276 Å². The van der Waals surface area contributed by atoms with Crippen molar-refractivity contribution in [3.05, 3.63) is 89.5 Å². The summed E-state index contributed by atoms with van der Waals surface area (Å²) in [5, 5.41) is 12.2. The minimum Gasteiger partial charge on any atom is -0.495 e. The van der Waals surface area contributed by atoms with Gasteiger partial charge in [0.1, 0.15) is 5.75 Å². The number of anilines is 4. The van der Waals surface area contributed by atoms with Crippen LogP contribution in [0.25, 0.3) is 0 Å². The van der Waals surface area contributed by atoms with Crippen molar-refractivity contribution in [2.45, 2.75) is 49.8 Å². The maximum Gasteiger partial charge on any atom is 0.231 e. The van der Waals surface area contributed by atoms with Crippen molar-refractivity contribution in [1.82, 2.24) is 9.97 Å². The number of ether oxygens (including phenoxy) is 1. The number of benzene rings is 3. The summed E-state index contributed by atoms with van der Waals surface area (Å²) < 4.78 is 53.0. The van der Waals surface area contributed by atoms with E-state index in [2.05, 4.69) is 57.1 Å². The van der Waals surface area contributed by atoms with Gasteiger partial charge in [0.2, 0.25) is 5.95 Å². The highest BCUT2D eigenvalue weighted by Gasteiger charge is 2.17. The van der Waals surface area contributed by atoms with Crippen LogP contribution < -0.4 is 20.9 Å². The van der Waals surface area contributed by atoms with E-state index in [0.29, 0.717) is 34.5 Å².